The molecule has 0 aliphatic heterocycles. The van der Waals surface area contributed by atoms with Crippen LogP contribution in [-0.4, -0.2) is 28.2 Å². The molecule has 0 spiro atoms. The van der Waals surface area contributed by atoms with Gasteiger partial charge < -0.3 is 5.32 Å². The van der Waals surface area contributed by atoms with Gasteiger partial charge in [0.05, 0.1) is 17.4 Å². The number of benzene rings is 1. The second-order valence-corrected chi connectivity index (χ2v) is 6.63. The van der Waals surface area contributed by atoms with Crippen molar-refractivity contribution < 1.29 is 1.43 Å². The topological polar surface area (TPSA) is 66.9 Å². The lowest BCUT2D eigenvalue weighted by atomic mass is 10.0. The highest BCUT2D eigenvalue weighted by Crippen LogP contribution is 2.30. The van der Waals surface area contributed by atoms with Crippen LogP contribution in [0.2, 0.25) is 0 Å². The summed E-state index contributed by atoms with van der Waals surface area (Å²) < 4.78 is 1.88. The first kappa shape index (κ1) is 19.7. The summed E-state index contributed by atoms with van der Waals surface area (Å²) >= 11 is 0. The number of hydrogen-bond acceptors (Lipinski definition) is 5. The molecule has 2 aromatic heterocycles. The van der Waals surface area contributed by atoms with Crippen molar-refractivity contribution in [3.05, 3.63) is 54.4 Å². The molecule has 1 aliphatic rings. The molecule has 28 heavy (non-hydrogen) atoms. The summed E-state index contributed by atoms with van der Waals surface area (Å²) in [5, 5.41) is 15.9. The molecular formula is C22H30N6. The molecule has 0 fully saturated rings. The van der Waals surface area contributed by atoms with Crippen molar-refractivity contribution >= 4 is 17.2 Å². The summed E-state index contributed by atoms with van der Waals surface area (Å²) in [6.07, 6.45) is 10.6. The van der Waals surface area contributed by atoms with Crippen molar-refractivity contribution in [2.24, 2.45) is 16.1 Å². The summed E-state index contributed by atoms with van der Waals surface area (Å²) in [6, 6.07) is 8.25. The zero-order valence-corrected chi connectivity index (χ0v) is 17.1. The van der Waals surface area contributed by atoms with Crippen molar-refractivity contribution in [1.29, 1.82) is 0 Å². The molecule has 0 saturated heterocycles. The number of aryl methyl sites for hydroxylation is 1. The van der Waals surface area contributed by atoms with E-state index in [1.54, 1.807) is 7.05 Å². The maximum absolute atomic E-state index is 4.59. The minimum atomic E-state index is 0. The van der Waals surface area contributed by atoms with Crippen molar-refractivity contribution in [2.75, 3.05) is 18.9 Å². The Morgan fingerprint density at radius 2 is 2.00 bits per heavy atom. The van der Waals surface area contributed by atoms with Crippen molar-refractivity contribution in [1.82, 2.24) is 14.6 Å². The third kappa shape index (κ3) is 4.27. The predicted molar refractivity (Wildman–Crippen MR) is 117 cm³/mol. The van der Waals surface area contributed by atoms with Crippen LogP contribution in [0.15, 0.2) is 59.0 Å². The smallest absolute Gasteiger partial charge is 0.241 e. The number of anilines is 1. The molecule has 6 nitrogen and oxygen atoms in total. The van der Waals surface area contributed by atoms with E-state index < -0.39 is 0 Å². The third-order valence-electron chi connectivity index (χ3n) is 4.79. The lowest BCUT2D eigenvalue weighted by molar-refractivity contribution is 0.599. The van der Waals surface area contributed by atoms with Crippen LogP contribution in [0.1, 0.15) is 33.7 Å². The van der Waals surface area contributed by atoms with Gasteiger partial charge in [0.25, 0.3) is 0 Å². The van der Waals surface area contributed by atoms with Gasteiger partial charge in [0, 0.05) is 26.8 Å². The van der Waals surface area contributed by atoms with Gasteiger partial charge in [-0.3, -0.25) is 0 Å². The van der Waals surface area contributed by atoms with Gasteiger partial charge in [-0.2, -0.15) is 10.2 Å². The Labute approximate surface area is 167 Å². The number of nitrogens with zero attached hydrogens (tertiary/aromatic N) is 5. The molecular weight excluding hydrogens is 348 g/mol. The summed E-state index contributed by atoms with van der Waals surface area (Å²) in [7, 11) is 1.68. The molecule has 3 aromatic rings. The van der Waals surface area contributed by atoms with E-state index in [9.17, 15) is 0 Å². The standard InChI is InChI=1S/C20H22N6.C2H6.H2/c1-14-11-16(7-8-18(14)24-21-2)17-9-10-26-19(17)13-23-20(25-26)22-12-15-5-3-4-6-15;1-2;/h3-4,7-11,13,15H,5-6,12H2,1-2H3,(H,22,25);1-2H3;1H. The zero-order valence-electron chi connectivity index (χ0n) is 17.1. The normalized spacial score (nSPS) is 13.9. The average molecular weight is 379 g/mol. The van der Waals surface area contributed by atoms with Crippen LogP contribution in [0, 0.1) is 12.8 Å². The van der Waals surface area contributed by atoms with Crippen LogP contribution in [-0.2, 0) is 0 Å². The van der Waals surface area contributed by atoms with Gasteiger partial charge in [0.15, 0.2) is 0 Å². The fourth-order valence-corrected chi connectivity index (χ4v) is 3.34. The third-order valence-corrected chi connectivity index (χ3v) is 4.79. The summed E-state index contributed by atoms with van der Waals surface area (Å²) in [6.45, 7) is 6.95. The van der Waals surface area contributed by atoms with Crippen molar-refractivity contribution in [3.8, 4) is 11.1 Å². The van der Waals surface area contributed by atoms with Crippen molar-refractivity contribution in [3.63, 3.8) is 0 Å². The van der Waals surface area contributed by atoms with E-state index in [0.29, 0.717) is 11.9 Å². The number of hydrogen-bond donors (Lipinski definition) is 1. The Morgan fingerprint density at radius 1 is 1.21 bits per heavy atom. The molecule has 1 N–H and O–H groups in total. The lowest BCUT2D eigenvalue weighted by Crippen LogP contribution is -2.14. The highest BCUT2D eigenvalue weighted by Gasteiger charge is 2.12. The Balaban J connectivity index is 0.000000970. The van der Waals surface area contributed by atoms with E-state index in [-0.39, 0.29) is 1.43 Å². The van der Waals surface area contributed by atoms with E-state index in [4.69, 9.17) is 0 Å². The number of azo groups is 1. The van der Waals surface area contributed by atoms with Crippen LogP contribution in [0.3, 0.4) is 0 Å². The van der Waals surface area contributed by atoms with Gasteiger partial charge in [0.1, 0.15) is 0 Å². The van der Waals surface area contributed by atoms with E-state index in [1.165, 1.54) is 0 Å². The Hall–Kier alpha value is -3.02. The second-order valence-electron chi connectivity index (χ2n) is 6.63. The van der Waals surface area contributed by atoms with E-state index in [2.05, 4.69) is 56.0 Å². The van der Waals surface area contributed by atoms with Crippen LogP contribution in [0.4, 0.5) is 11.6 Å². The van der Waals surface area contributed by atoms with Gasteiger partial charge in [0.2, 0.25) is 5.95 Å². The van der Waals surface area contributed by atoms with Crippen LogP contribution in [0.5, 0.6) is 0 Å². The molecule has 1 aromatic carbocycles. The molecule has 0 unspecified atom stereocenters. The van der Waals surface area contributed by atoms with E-state index >= 15 is 0 Å². The van der Waals surface area contributed by atoms with Gasteiger partial charge >= 0.3 is 0 Å². The Bertz CT molecular complexity index is 984. The first-order chi connectivity index (χ1) is 13.7. The average Bonchev–Trinajstić information content (AvgIpc) is 3.39. The van der Waals surface area contributed by atoms with Gasteiger partial charge in [-0.15, -0.1) is 5.10 Å². The maximum atomic E-state index is 4.59. The van der Waals surface area contributed by atoms with E-state index in [1.807, 2.05) is 43.7 Å². The molecule has 4 rings (SSSR count). The second kappa shape index (κ2) is 9.26. The molecule has 0 radical (unpaired) electrons. The molecule has 0 bridgehead atoms. The molecule has 1 aliphatic carbocycles. The number of nitrogens with one attached hydrogen (secondary N) is 1. The predicted octanol–water partition coefficient (Wildman–Crippen LogP) is 6.07. The number of aromatic nitrogens is 3. The van der Waals surface area contributed by atoms with Gasteiger partial charge in [-0.05, 0) is 55.0 Å². The minimum absolute atomic E-state index is 0. The maximum Gasteiger partial charge on any atom is 0.241 e. The SMILES string of the molecule is CC.CN=Nc1ccc(-c2ccn3nc(NCC4CC=CC4)ncc23)cc1C.[HH]. The molecule has 148 valence electrons. The number of fused-ring (bicyclic) bond motifs is 1. The molecule has 0 amide bonds. The Morgan fingerprint density at radius 3 is 2.71 bits per heavy atom. The van der Waals surface area contributed by atoms with Gasteiger partial charge in [-0.1, -0.05) is 32.1 Å². The first-order valence-electron chi connectivity index (χ1n) is 9.88. The monoisotopic (exact) mass is 378 g/mol. The molecule has 0 atom stereocenters. The summed E-state index contributed by atoms with van der Waals surface area (Å²) in [4.78, 5) is 4.50. The number of allylic oxidation sites excluding steroid dienone is 2. The zero-order chi connectivity index (χ0) is 19.9. The first-order valence-corrected chi connectivity index (χ1v) is 9.88. The fourth-order valence-electron chi connectivity index (χ4n) is 3.34. The highest BCUT2D eigenvalue weighted by molar-refractivity contribution is 5.81. The van der Waals surface area contributed by atoms with Gasteiger partial charge in [-0.25, -0.2) is 9.50 Å². The van der Waals surface area contributed by atoms with Crippen LogP contribution >= 0.6 is 0 Å². The lowest BCUT2D eigenvalue weighted by Gasteiger charge is -2.10. The van der Waals surface area contributed by atoms with Crippen molar-refractivity contribution in [2.45, 2.75) is 33.6 Å². The van der Waals surface area contributed by atoms with E-state index in [0.717, 1.165) is 47.3 Å². The molecule has 0 saturated carbocycles. The van der Waals surface area contributed by atoms with Crippen LogP contribution in [0.25, 0.3) is 16.6 Å². The summed E-state index contributed by atoms with van der Waals surface area (Å²) in [5.74, 6) is 1.32. The minimum Gasteiger partial charge on any atom is -0.353 e. The Kier molecular flexibility index (Phi) is 6.53. The molecule has 2 heterocycles. The number of rotatable bonds is 5. The fraction of sp³-hybridized carbons (Fsp3) is 0.364. The highest BCUT2D eigenvalue weighted by atomic mass is 15.3. The molecule has 6 heteroatoms. The largest absolute Gasteiger partial charge is 0.353 e. The summed E-state index contributed by atoms with van der Waals surface area (Å²) in [5.41, 5.74) is 5.21. The quantitative estimate of drug-likeness (QED) is 0.433. The van der Waals surface area contributed by atoms with Crippen LogP contribution < -0.4 is 5.32 Å².